The SMILES string of the molecule is C=CN1CCN(CCCCCCCCC)C1. The van der Waals surface area contributed by atoms with E-state index < -0.39 is 0 Å². The molecule has 0 aliphatic carbocycles. The molecule has 2 nitrogen and oxygen atoms in total. The third kappa shape index (κ3) is 5.55. The minimum Gasteiger partial charge on any atom is -0.364 e. The zero-order valence-electron chi connectivity index (χ0n) is 11.0. The smallest absolute Gasteiger partial charge is 0.0702 e. The van der Waals surface area contributed by atoms with Gasteiger partial charge in [-0.2, -0.15) is 0 Å². The quantitative estimate of drug-likeness (QED) is 0.553. The molecule has 0 aromatic heterocycles. The van der Waals surface area contributed by atoms with Crippen LogP contribution in [0.2, 0.25) is 0 Å². The van der Waals surface area contributed by atoms with Crippen molar-refractivity contribution in [2.75, 3.05) is 26.3 Å². The van der Waals surface area contributed by atoms with E-state index in [0.717, 1.165) is 6.67 Å². The fourth-order valence-corrected chi connectivity index (χ4v) is 2.29. The number of hydrogen-bond acceptors (Lipinski definition) is 2. The van der Waals surface area contributed by atoms with E-state index in [-0.39, 0.29) is 0 Å². The van der Waals surface area contributed by atoms with Crippen molar-refractivity contribution in [1.29, 1.82) is 0 Å². The van der Waals surface area contributed by atoms with Crippen LogP contribution in [0.25, 0.3) is 0 Å². The van der Waals surface area contributed by atoms with Crippen molar-refractivity contribution in [3.05, 3.63) is 12.8 Å². The van der Waals surface area contributed by atoms with Gasteiger partial charge in [-0.25, -0.2) is 0 Å². The second-order valence-corrected chi connectivity index (χ2v) is 4.88. The first-order valence-corrected chi connectivity index (χ1v) is 6.95. The molecule has 0 saturated carbocycles. The second kappa shape index (κ2) is 8.63. The molecule has 1 heterocycles. The molecule has 0 unspecified atom stereocenters. The molecule has 0 radical (unpaired) electrons. The van der Waals surface area contributed by atoms with Crippen LogP contribution in [0.3, 0.4) is 0 Å². The Balaban J connectivity index is 1.86. The Hall–Kier alpha value is -0.500. The maximum atomic E-state index is 3.81. The summed E-state index contributed by atoms with van der Waals surface area (Å²) in [5.41, 5.74) is 0. The standard InChI is InChI=1S/C14H28N2/c1-3-5-6-7-8-9-10-11-16-13-12-15(4-2)14-16/h4H,2-3,5-14H2,1H3. The van der Waals surface area contributed by atoms with Gasteiger partial charge < -0.3 is 4.90 Å². The summed E-state index contributed by atoms with van der Waals surface area (Å²) in [7, 11) is 0. The van der Waals surface area contributed by atoms with Crippen LogP contribution >= 0.6 is 0 Å². The van der Waals surface area contributed by atoms with Gasteiger partial charge in [0.25, 0.3) is 0 Å². The van der Waals surface area contributed by atoms with Crippen molar-refractivity contribution in [2.45, 2.75) is 51.9 Å². The van der Waals surface area contributed by atoms with Crippen LogP contribution in [0.5, 0.6) is 0 Å². The van der Waals surface area contributed by atoms with Gasteiger partial charge in [-0.3, -0.25) is 4.90 Å². The van der Waals surface area contributed by atoms with E-state index >= 15 is 0 Å². The van der Waals surface area contributed by atoms with Crippen LogP contribution < -0.4 is 0 Å². The summed E-state index contributed by atoms with van der Waals surface area (Å²) in [6.07, 6.45) is 11.8. The summed E-state index contributed by atoms with van der Waals surface area (Å²) in [6, 6.07) is 0. The Kier molecular flexibility index (Phi) is 7.32. The summed E-state index contributed by atoms with van der Waals surface area (Å²) in [4.78, 5) is 4.83. The molecular formula is C14H28N2. The molecule has 1 fully saturated rings. The van der Waals surface area contributed by atoms with E-state index in [4.69, 9.17) is 0 Å². The normalized spacial score (nSPS) is 16.9. The Morgan fingerprint density at radius 1 is 1.00 bits per heavy atom. The van der Waals surface area contributed by atoms with Gasteiger partial charge in [-0.1, -0.05) is 52.0 Å². The number of rotatable bonds is 9. The Morgan fingerprint density at radius 2 is 1.69 bits per heavy atom. The number of hydrogen-bond donors (Lipinski definition) is 0. The first kappa shape index (κ1) is 13.6. The van der Waals surface area contributed by atoms with E-state index in [0.29, 0.717) is 0 Å². The topological polar surface area (TPSA) is 6.48 Å². The molecule has 1 aliphatic rings. The molecule has 1 saturated heterocycles. The van der Waals surface area contributed by atoms with E-state index in [9.17, 15) is 0 Å². The Morgan fingerprint density at radius 3 is 2.31 bits per heavy atom. The summed E-state index contributed by atoms with van der Waals surface area (Å²) < 4.78 is 0. The van der Waals surface area contributed by atoms with Gasteiger partial charge in [0.2, 0.25) is 0 Å². The molecule has 1 rings (SSSR count). The summed E-state index contributed by atoms with van der Waals surface area (Å²) in [5, 5.41) is 0. The molecular weight excluding hydrogens is 196 g/mol. The van der Waals surface area contributed by atoms with Crippen LogP contribution in [0.1, 0.15) is 51.9 Å². The highest BCUT2D eigenvalue weighted by atomic mass is 15.4. The van der Waals surface area contributed by atoms with Gasteiger partial charge in [0.05, 0.1) is 6.67 Å². The third-order valence-corrected chi connectivity index (χ3v) is 3.42. The molecule has 0 atom stereocenters. The van der Waals surface area contributed by atoms with Crippen molar-refractivity contribution in [1.82, 2.24) is 9.80 Å². The van der Waals surface area contributed by atoms with Gasteiger partial charge in [0, 0.05) is 13.1 Å². The van der Waals surface area contributed by atoms with E-state index in [2.05, 4.69) is 23.3 Å². The molecule has 0 bridgehead atoms. The molecule has 0 spiro atoms. The van der Waals surface area contributed by atoms with E-state index in [1.54, 1.807) is 0 Å². The fourth-order valence-electron chi connectivity index (χ4n) is 2.29. The molecule has 94 valence electrons. The molecule has 0 aromatic carbocycles. The van der Waals surface area contributed by atoms with Crippen LogP contribution in [0.15, 0.2) is 12.8 Å². The zero-order valence-corrected chi connectivity index (χ0v) is 11.0. The second-order valence-electron chi connectivity index (χ2n) is 4.88. The summed E-state index contributed by atoms with van der Waals surface area (Å²) >= 11 is 0. The number of unbranched alkanes of at least 4 members (excludes halogenated alkanes) is 6. The predicted molar refractivity (Wildman–Crippen MR) is 71.3 cm³/mol. The van der Waals surface area contributed by atoms with Gasteiger partial charge in [0.15, 0.2) is 0 Å². The fraction of sp³-hybridized carbons (Fsp3) is 0.857. The third-order valence-electron chi connectivity index (χ3n) is 3.42. The predicted octanol–water partition coefficient (Wildman–Crippen LogP) is 3.46. The highest BCUT2D eigenvalue weighted by Crippen LogP contribution is 2.10. The van der Waals surface area contributed by atoms with Gasteiger partial charge in [0.1, 0.15) is 0 Å². The van der Waals surface area contributed by atoms with Crippen molar-refractivity contribution in [3.63, 3.8) is 0 Å². The minimum absolute atomic E-state index is 1.10. The van der Waals surface area contributed by atoms with Gasteiger partial charge >= 0.3 is 0 Å². The van der Waals surface area contributed by atoms with Crippen LogP contribution in [0.4, 0.5) is 0 Å². The largest absolute Gasteiger partial charge is 0.364 e. The number of nitrogens with zero attached hydrogens (tertiary/aromatic N) is 2. The highest BCUT2D eigenvalue weighted by Gasteiger charge is 2.15. The van der Waals surface area contributed by atoms with Crippen molar-refractivity contribution < 1.29 is 0 Å². The van der Waals surface area contributed by atoms with E-state index in [1.807, 2.05) is 6.20 Å². The molecule has 2 heteroatoms. The lowest BCUT2D eigenvalue weighted by Gasteiger charge is -2.15. The molecule has 1 aliphatic heterocycles. The summed E-state index contributed by atoms with van der Waals surface area (Å²) in [6.45, 7) is 10.9. The zero-order chi connectivity index (χ0) is 11.6. The lowest BCUT2D eigenvalue weighted by molar-refractivity contribution is 0.283. The van der Waals surface area contributed by atoms with Crippen molar-refractivity contribution >= 4 is 0 Å². The maximum Gasteiger partial charge on any atom is 0.0702 e. The monoisotopic (exact) mass is 224 g/mol. The molecule has 0 amide bonds. The lowest BCUT2D eigenvalue weighted by atomic mass is 10.1. The van der Waals surface area contributed by atoms with Crippen LogP contribution in [-0.4, -0.2) is 36.1 Å². The average molecular weight is 224 g/mol. The first-order chi connectivity index (χ1) is 7.86. The molecule has 0 N–H and O–H groups in total. The van der Waals surface area contributed by atoms with Crippen molar-refractivity contribution in [2.24, 2.45) is 0 Å². The minimum atomic E-state index is 1.10. The molecule has 16 heavy (non-hydrogen) atoms. The van der Waals surface area contributed by atoms with Crippen LogP contribution in [-0.2, 0) is 0 Å². The highest BCUT2D eigenvalue weighted by molar-refractivity contribution is 4.78. The van der Waals surface area contributed by atoms with E-state index in [1.165, 1.54) is 64.6 Å². The summed E-state index contributed by atoms with van der Waals surface area (Å²) in [5.74, 6) is 0. The van der Waals surface area contributed by atoms with Gasteiger partial charge in [-0.15, -0.1) is 0 Å². The van der Waals surface area contributed by atoms with Crippen LogP contribution in [0, 0.1) is 0 Å². The van der Waals surface area contributed by atoms with Crippen molar-refractivity contribution in [3.8, 4) is 0 Å². The first-order valence-electron chi connectivity index (χ1n) is 6.95. The Labute approximate surface area is 101 Å². The average Bonchev–Trinajstić information content (AvgIpc) is 2.76. The molecule has 0 aromatic rings. The Bertz CT molecular complexity index is 180. The maximum absolute atomic E-state index is 3.81. The lowest BCUT2D eigenvalue weighted by Crippen LogP contribution is -2.23. The van der Waals surface area contributed by atoms with Gasteiger partial charge in [-0.05, 0) is 19.2 Å².